The first-order valence-corrected chi connectivity index (χ1v) is 6.54. The number of aromatic nitrogens is 1. The first-order chi connectivity index (χ1) is 9.09. The summed E-state index contributed by atoms with van der Waals surface area (Å²) in [5.74, 6) is -1.41. The summed E-state index contributed by atoms with van der Waals surface area (Å²) in [5, 5.41) is 15.4. The van der Waals surface area contributed by atoms with Gasteiger partial charge in [-0.2, -0.15) is 0 Å². The van der Waals surface area contributed by atoms with Crippen molar-refractivity contribution in [2.75, 3.05) is 0 Å². The largest absolute Gasteiger partial charge is 0.480 e. The lowest BCUT2D eigenvalue weighted by atomic mass is 9.84. The van der Waals surface area contributed by atoms with E-state index in [0.717, 1.165) is 32.1 Å². The molecule has 6 heteroatoms. The number of carboxylic acid groups (broad SMARTS) is 1. The Balaban J connectivity index is 2.06. The minimum atomic E-state index is -0.989. The Bertz CT molecular complexity index is 463. The van der Waals surface area contributed by atoms with Crippen LogP contribution < -0.4 is 5.32 Å². The summed E-state index contributed by atoms with van der Waals surface area (Å²) >= 11 is 0. The monoisotopic (exact) mass is 266 g/mol. The highest BCUT2D eigenvalue weighted by Gasteiger charge is 2.32. The maximum Gasteiger partial charge on any atom is 0.326 e. The molecule has 0 radical (unpaired) electrons. The Morgan fingerprint density at radius 3 is 2.63 bits per heavy atom. The van der Waals surface area contributed by atoms with Crippen LogP contribution in [0.1, 0.15) is 48.2 Å². The van der Waals surface area contributed by atoms with Crippen LogP contribution in [0.3, 0.4) is 0 Å². The van der Waals surface area contributed by atoms with Crippen LogP contribution in [0.5, 0.6) is 0 Å². The van der Waals surface area contributed by atoms with Gasteiger partial charge in [0, 0.05) is 5.56 Å². The number of nitrogens with one attached hydrogen (secondary N) is 1. The van der Waals surface area contributed by atoms with E-state index in [2.05, 4.69) is 10.5 Å². The Kier molecular flexibility index (Phi) is 4.19. The average Bonchev–Trinajstić information content (AvgIpc) is 2.82. The number of hydrogen-bond donors (Lipinski definition) is 2. The molecule has 1 saturated carbocycles. The lowest BCUT2D eigenvalue weighted by Gasteiger charge is -2.27. The highest BCUT2D eigenvalue weighted by atomic mass is 16.5. The van der Waals surface area contributed by atoms with Gasteiger partial charge in [-0.3, -0.25) is 4.79 Å². The van der Waals surface area contributed by atoms with E-state index >= 15 is 0 Å². The average molecular weight is 266 g/mol. The molecule has 1 unspecified atom stereocenters. The fraction of sp³-hybridized carbons (Fsp3) is 0.615. The molecule has 2 rings (SSSR count). The molecule has 2 N–H and O–H groups in total. The van der Waals surface area contributed by atoms with Crippen LogP contribution in [0, 0.1) is 12.8 Å². The second-order valence-electron chi connectivity index (χ2n) is 5.03. The van der Waals surface area contributed by atoms with E-state index in [4.69, 9.17) is 4.52 Å². The molecule has 1 fully saturated rings. The van der Waals surface area contributed by atoms with Crippen molar-refractivity contribution in [2.45, 2.75) is 45.1 Å². The Hall–Kier alpha value is -1.85. The lowest BCUT2D eigenvalue weighted by Crippen LogP contribution is -2.46. The first-order valence-electron chi connectivity index (χ1n) is 6.54. The second-order valence-corrected chi connectivity index (χ2v) is 5.03. The normalized spacial score (nSPS) is 17.9. The van der Waals surface area contributed by atoms with E-state index in [1.807, 2.05) is 0 Å². The minimum Gasteiger partial charge on any atom is -0.480 e. The second kappa shape index (κ2) is 5.86. The van der Waals surface area contributed by atoms with E-state index in [1.165, 1.54) is 6.20 Å². The molecule has 0 saturated heterocycles. The van der Waals surface area contributed by atoms with Gasteiger partial charge in [-0.15, -0.1) is 0 Å². The van der Waals surface area contributed by atoms with Crippen LogP contribution in [0.15, 0.2) is 10.7 Å². The number of aryl methyl sites for hydroxylation is 1. The molecule has 0 aliphatic heterocycles. The predicted molar refractivity (Wildman–Crippen MR) is 66.7 cm³/mol. The highest BCUT2D eigenvalue weighted by Crippen LogP contribution is 2.27. The third-order valence-corrected chi connectivity index (χ3v) is 3.63. The number of rotatable bonds is 4. The van der Waals surface area contributed by atoms with E-state index < -0.39 is 17.9 Å². The maximum atomic E-state index is 12.0. The molecule has 1 aliphatic carbocycles. The molecule has 0 bridgehead atoms. The van der Waals surface area contributed by atoms with Gasteiger partial charge in [0.05, 0.1) is 6.20 Å². The van der Waals surface area contributed by atoms with Crippen LogP contribution >= 0.6 is 0 Å². The molecule has 1 amide bonds. The van der Waals surface area contributed by atoms with Gasteiger partial charge < -0.3 is 14.9 Å². The van der Waals surface area contributed by atoms with Crippen molar-refractivity contribution < 1.29 is 19.2 Å². The minimum absolute atomic E-state index is 0.00146. The molecule has 6 nitrogen and oxygen atoms in total. The first kappa shape index (κ1) is 13.6. The third kappa shape index (κ3) is 3.13. The number of amides is 1. The lowest BCUT2D eigenvalue weighted by molar-refractivity contribution is -0.141. The van der Waals surface area contributed by atoms with Gasteiger partial charge >= 0.3 is 5.97 Å². The Morgan fingerprint density at radius 2 is 2.11 bits per heavy atom. The molecule has 1 aromatic heterocycles. The number of nitrogens with zero attached hydrogens (tertiary/aromatic N) is 1. The zero-order chi connectivity index (χ0) is 13.8. The van der Waals surface area contributed by atoms with Gasteiger partial charge in [-0.25, -0.2) is 4.79 Å². The van der Waals surface area contributed by atoms with Crippen LogP contribution in [0.25, 0.3) is 0 Å². The van der Waals surface area contributed by atoms with Gasteiger partial charge in [0.25, 0.3) is 5.91 Å². The molecule has 19 heavy (non-hydrogen) atoms. The summed E-state index contributed by atoms with van der Waals surface area (Å²) in [6.07, 6.45) is 6.29. The van der Waals surface area contributed by atoms with Crippen molar-refractivity contribution >= 4 is 11.9 Å². The topological polar surface area (TPSA) is 92.4 Å². The van der Waals surface area contributed by atoms with Crippen LogP contribution in [-0.4, -0.2) is 28.2 Å². The fourth-order valence-electron chi connectivity index (χ4n) is 2.56. The van der Waals surface area contributed by atoms with E-state index in [9.17, 15) is 14.7 Å². The molecule has 1 aromatic rings. The van der Waals surface area contributed by atoms with Crippen LogP contribution in [0.2, 0.25) is 0 Å². The molecule has 0 aromatic carbocycles. The molecule has 104 valence electrons. The number of carboxylic acids is 1. The van der Waals surface area contributed by atoms with Gasteiger partial charge in [0.2, 0.25) is 5.76 Å². The number of hydrogen-bond acceptors (Lipinski definition) is 4. The van der Waals surface area contributed by atoms with Crippen molar-refractivity contribution in [2.24, 2.45) is 5.92 Å². The molecule has 0 spiro atoms. The smallest absolute Gasteiger partial charge is 0.326 e. The van der Waals surface area contributed by atoms with Crippen LogP contribution in [-0.2, 0) is 4.79 Å². The summed E-state index contributed by atoms with van der Waals surface area (Å²) < 4.78 is 4.84. The highest BCUT2D eigenvalue weighted by molar-refractivity contribution is 5.95. The van der Waals surface area contributed by atoms with Crippen molar-refractivity contribution in [1.82, 2.24) is 10.5 Å². The molecule has 1 aliphatic rings. The molecular formula is C13H18N2O4. The fourth-order valence-corrected chi connectivity index (χ4v) is 2.56. The summed E-state index contributed by atoms with van der Waals surface area (Å²) in [6.45, 7) is 1.70. The van der Waals surface area contributed by atoms with Crippen molar-refractivity contribution in [3.63, 3.8) is 0 Å². The van der Waals surface area contributed by atoms with Gasteiger partial charge in [-0.05, 0) is 25.7 Å². The summed E-state index contributed by atoms with van der Waals surface area (Å²) in [4.78, 5) is 23.3. The van der Waals surface area contributed by atoms with E-state index in [1.54, 1.807) is 6.92 Å². The Labute approximate surface area is 111 Å². The summed E-state index contributed by atoms with van der Waals surface area (Å²) in [5.41, 5.74) is 0.602. The Morgan fingerprint density at radius 1 is 1.42 bits per heavy atom. The quantitative estimate of drug-likeness (QED) is 0.866. The van der Waals surface area contributed by atoms with E-state index in [0.29, 0.717) is 5.56 Å². The van der Waals surface area contributed by atoms with Gasteiger partial charge in [0.15, 0.2) is 0 Å². The number of carbonyl (C=O) groups excluding carboxylic acids is 1. The standard InChI is InChI=1S/C13H18N2O4/c1-8-7-14-19-11(8)12(16)15-10(13(17)18)9-5-3-2-4-6-9/h7,9-10H,2-6H2,1H3,(H,15,16)(H,17,18). The van der Waals surface area contributed by atoms with Crippen molar-refractivity contribution in [1.29, 1.82) is 0 Å². The maximum absolute atomic E-state index is 12.0. The van der Waals surface area contributed by atoms with Gasteiger partial charge in [-0.1, -0.05) is 24.4 Å². The third-order valence-electron chi connectivity index (χ3n) is 3.63. The predicted octanol–water partition coefficient (Wildman–Crippen LogP) is 1.75. The summed E-state index contributed by atoms with van der Waals surface area (Å²) in [7, 11) is 0. The zero-order valence-electron chi connectivity index (χ0n) is 10.9. The van der Waals surface area contributed by atoms with E-state index in [-0.39, 0.29) is 11.7 Å². The molecule has 1 atom stereocenters. The number of aliphatic carboxylic acids is 1. The molecular weight excluding hydrogens is 248 g/mol. The van der Waals surface area contributed by atoms with Gasteiger partial charge in [0.1, 0.15) is 6.04 Å². The van der Waals surface area contributed by atoms with Crippen molar-refractivity contribution in [3.05, 3.63) is 17.5 Å². The van der Waals surface area contributed by atoms with Crippen LogP contribution in [0.4, 0.5) is 0 Å². The molecule has 1 heterocycles. The number of carbonyl (C=O) groups is 2. The SMILES string of the molecule is Cc1cnoc1C(=O)NC(C(=O)O)C1CCCCC1. The van der Waals surface area contributed by atoms with Crippen molar-refractivity contribution in [3.8, 4) is 0 Å². The summed E-state index contributed by atoms with van der Waals surface area (Å²) in [6, 6.07) is -0.850. The zero-order valence-corrected chi connectivity index (χ0v) is 10.9.